The van der Waals surface area contributed by atoms with E-state index in [1.807, 2.05) is 6.07 Å². The summed E-state index contributed by atoms with van der Waals surface area (Å²) in [4.78, 5) is 20.5. The molecule has 3 nitrogen and oxygen atoms in total. The highest BCUT2D eigenvalue weighted by Gasteiger charge is 2.37. The predicted octanol–water partition coefficient (Wildman–Crippen LogP) is 3.30. The van der Waals surface area contributed by atoms with Gasteiger partial charge in [-0.05, 0) is 24.3 Å². The molecule has 0 spiro atoms. The zero-order chi connectivity index (χ0) is 12.3. The SMILES string of the molecule is O=C(c1ccccn1)C(Br)(Br)c1ccccn1. The normalized spacial score (nSPS) is 11.2. The molecular weight excluding hydrogens is 348 g/mol. The van der Waals surface area contributed by atoms with E-state index in [0.717, 1.165) is 0 Å². The number of ketones is 1. The molecule has 0 saturated carbocycles. The zero-order valence-corrected chi connectivity index (χ0v) is 11.8. The van der Waals surface area contributed by atoms with Crippen LogP contribution in [0.5, 0.6) is 0 Å². The number of carbonyl (C=O) groups is 1. The van der Waals surface area contributed by atoms with Crippen molar-refractivity contribution in [1.29, 1.82) is 0 Å². The average molecular weight is 356 g/mol. The van der Waals surface area contributed by atoms with Crippen molar-refractivity contribution in [2.45, 2.75) is 3.23 Å². The number of nitrogens with zero attached hydrogens (tertiary/aromatic N) is 2. The van der Waals surface area contributed by atoms with Gasteiger partial charge in [-0.1, -0.05) is 44.0 Å². The summed E-state index contributed by atoms with van der Waals surface area (Å²) < 4.78 is -1.03. The summed E-state index contributed by atoms with van der Waals surface area (Å²) in [6, 6.07) is 10.6. The molecule has 0 unspecified atom stereocenters. The third-order valence-electron chi connectivity index (χ3n) is 2.17. The lowest BCUT2D eigenvalue weighted by Gasteiger charge is -2.17. The van der Waals surface area contributed by atoms with Crippen LogP contribution < -0.4 is 0 Å². The number of pyridine rings is 2. The second kappa shape index (κ2) is 5.06. The molecule has 0 aliphatic rings. The van der Waals surface area contributed by atoms with Gasteiger partial charge in [0.05, 0.1) is 5.69 Å². The Morgan fingerprint density at radius 2 is 1.65 bits per heavy atom. The highest BCUT2D eigenvalue weighted by molar-refractivity contribution is 9.25. The number of Topliss-reactive ketones (excluding diaryl/α,β-unsaturated/α-hetero) is 1. The summed E-state index contributed by atoms with van der Waals surface area (Å²) in [5.41, 5.74) is 0.975. The molecule has 5 heteroatoms. The number of hydrogen-bond donors (Lipinski definition) is 0. The molecule has 0 bridgehead atoms. The zero-order valence-electron chi connectivity index (χ0n) is 8.68. The van der Waals surface area contributed by atoms with Gasteiger partial charge in [0.25, 0.3) is 0 Å². The average Bonchev–Trinajstić information content (AvgIpc) is 2.40. The number of hydrogen-bond acceptors (Lipinski definition) is 3. The van der Waals surface area contributed by atoms with Crippen molar-refractivity contribution in [2.75, 3.05) is 0 Å². The molecule has 0 radical (unpaired) electrons. The van der Waals surface area contributed by atoms with Gasteiger partial charge in [-0.2, -0.15) is 0 Å². The van der Waals surface area contributed by atoms with E-state index in [2.05, 4.69) is 41.8 Å². The van der Waals surface area contributed by atoms with Gasteiger partial charge in [0.15, 0.2) is 3.23 Å². The molecule has 0 atom stereocenters. The summed E-state index contributed by atoms with van der Waals surface area (Å²) in [7, 11) is 0. The number of carbonyl (C=O) groups excluding carboxylic acids is 1. The smallest absolute Gasteiger partial charge is 0.214 e. The van der Waals surface area contributed by atoms with Crippen LogP contribution in [-0.2, 0) is 3.23 Å². The first-order chi connectivity index (χ1) is 8.12. The molecule has 0 N–H and O–H groups in total. The lowest BCUT2D eigenvalue weighted by atomic mass is 10.1. The van der Waals surface area contributed by atoms with Crippen molar-refractivity contribution in [2.24, 2.45) is 0 Å². The summed E-state index contributed by atoms with van der Waals surface area (Å²) in [5, 5.41) is 0. The first-order valence-electron chi connectivity index (χ1n) is 4.87. The van der Waals surface area contributed by atoms with Crippen LogP contribution in [-0.4, -0.2) is 15.8 Å². The lowest BCUT2D eigenvalue weighted by molar-refractivity contribution is 0.0976. The number of halogens is 2. The quantitative estimate of drug-likeness (QED) is 0.626. The van der Waals surface area contributed by atoms with Gasteiger partial charge in [0, 0.05) is 12.4 Å². The second-order valence-corrected chi connectivity index (χ2v) is 6.78. The third kappa shape index (κ3) is 2.61. The first-order valence-corrected chi connectivity index (χ1v) is 6.46. The van der Waals surface area contributed by atoms with E-state index in [4.69, 9.17) is 0 Å². The van der Waals surface area contributed by atoms with Crippen molar-refractivity contribution >= 4 is 37.6 Å². The fourth-order valence-electron chi connectivity index (χ4n) is 1.32. The molecule has 0 saturated heterocycles. The molecule has 2 aromatic heterocycles. The fraction of sp³-hybridized carbons (Fsp3) is 0.0833. The summed E-state index contributed by atoms with van der Waals surface area (Å²) in [6.07, 6.45) is 3.22. The Morgan fingerprint density at radius 3 is 2.18 bits per heavy atom. The van der Waals surface area contributed by atoms with Crippen LogP contribution in [0.3, 0.4) is 0 Å². The molecule has 17 heavy (non-hydrogen) atoms. The Bertz CT molecular complexity index is 515. The Labute approximate surface area is 116 Å². The van der Waals surface area contributed by atoms with Crippen LogP contribution in [0.25, 0.3) is 0 Å². The molecule has 0 aliphatic carbocycles. The molecule has 0 amide bonds. The molecule has 2 aromatic rings. The Morgan fingerprint density at radius 1 is 1.00 bits per heavy atom. The van der Waals surface area contributed by atoms with Crippen LogP contribution in [0, 0.1) is 0 Å². The van der Waals surface area contributed by atoms with Gasteiger partial charge in [-0.3, -0.25) is 14.8 Å². The molecule has 2 rings (SSSR count). The molecule has 2 heterocycles. The number of alkyl halides is 2. The van der Waals surface area contributed by atoms with Crippen LogP contribution in [0.4, 0.5) is 0 Å². The maximum atomic E-state index is 12.3. The maximum Gasteiger partial charge on any atom is 0.214 e. The summed E-state index contributed by atoms with van der Waals surface area (Å²) in [6.45, 7) is 0. The van der Waals surface area contributed by atoms with Crippen LogP contribution in [0.2, 0.25) is 0 Å². The van der Waals surface area contributed by atoms with Gasteiger partial charge < -0.3 is 0 Å². The standard InChI is InChI=1S/C12H8Br2N2O/c13-12(14,10-6-2-4-8-16-10)11(17)9-5-1-3-7-15-9/h1-8H. The van der Waals surface area contributed by atoms with E-state index in [0.29, 0.717) is 11.4 Å². The van der Waals surface area contributed by atoms with E-state index < -0.39 is 3.23 Å². The fourth-order valence-corrected chi connectivity index (χ4v) is 2.20. The largest absolute Gasteiger partial charge is 0.289 e. The van der Waals surface area contributed by atoms with Crippen LogP contribution >= 0.6 is 31.9 Å². The number of aromatic nitrogens is 2. The molecule has 0 aliphatic heterocycles. The van der Waals surface area contributed by atoms with Gasteiger partial charge in [0.2, 0.25) is 5.78 Å². The first kappa shape index (κ1) is 12.4. The van der Waals surface area contributed by atoms with Gasteiger partial charge in [-0.25, -0.2) is 0 Å². The van der Waals surface area contributed by atoms with Crippen LogP contribution in [0.1, 0.15) is 16.2 Å². The van der Waals surface area contributed by atoms with E-state index in [9.17, 15) is 4.79 Å². The van der Waals surface area contributed by atoms with Crippen molar-refractivity contribution in [3.8, 4) is 0 Å². The minimum Gasteiger partial charge on any atom is -0.289 e. The van der Waals surface area contributed by atoms with E-state index in [1.54, 1.807) is 42.7 Å². The van der Waals surface area contributed by atoms with Crippen molar-refractivity contribution in [1.82, 2.24) is 9.97 Å². The number of rotatable bonds is 3. The molecule has 0 fully saturated rings. The van der Waals surface area contributed by atoms with E-state index >= 15 is 0 Å². The topological polar surface area (TPSA) is 42.9 Å². The molecule has 86 valence electrons. The van der Waals surface area contributed by atoms with Gasteiger partial charge in [0.1, 0.15) is 5.69 Å². The Kier molecular flexibility index (Phi) is 3.69. The van der Waals surface area contributed by atoms with Crippen molar-refractivity contribution < 1.29 is 4.79 Å². The molecule has 0 aromatic carbocycles. The monoisotopic (exact) mass is 354 g/mol. The van der Waals surface area contributed by atoms with E-state index in [1.165, 1.54) is 0 Å². The van der Waals surface area contributed by atoms with Gasteiger partial charge in [-0.15, -0.1) is 0 Å². The minimum absolute atomic E-state index is 0.184. The van der Waals surface area contributed by atoms with E-state index in [-0.39, 0.29) is 5.78 Å². The van der Waals surface area contributed by atoms with Crippen molar-refractivity contribution in [3.05, 3.63) is 60.2 Å². The lowest BCUT2D eigenvalue weighted by Crippen LogP contribution is -2.24. The second-order valence-electron chi connectivity index (χ2n) is 3.33. The predicted molar refractivity (Wildman–Crippen MR) is 72.3 cm³/mol. The Hall–Kier alpha value is -1.07. The van der Waals surface area contributed by atoms with Gasteiger partial charge >= 0.3 is 0 Å². The summed E-state index contributed by atoms with van der Waals surface area (Å²) >= 11 is 6.71. The van der Waals surface area contributed by atoms with Crippen molar-refractivity contribution in [3.63, 3.8) is 0 Å². The highest BCUT2D eigenvalue weighted by Crippen LogP contribution is 2.39. The van der Waals surface area contributed by atoms with Crippen LogP contribution in [0.15, 0.2) is 48.8 Å². The highest BCUT2D eigenvalue weighted by atomic mass is 79.9. The minimum atomic E-state index is -1.03. The third-order valence-corrected chi connectivity index (χ3v) is 3.70. The summed E-state index contributed by atoms with van der Waals surface area (Å²) in [5.74, 6) is -0.184. The maximum absolute atomic E-state index is 12.3. The Balaban J connectivity index is 2.37. The molecular formula is C12H8Br2N2O.